The number of pyridine rings is 1. The lowest BCUT2D eigenvalue weighted by Crippen LogP contribution is -2.17. The molecule has 4 rings (SSSR count). The molecule has 0 unspecified atom stereocenters. The summed E-state index contributed by atoms with van der Waals surface area (Å²) in [4.78, 5) is 30.7. The molecule has 0 spiro atoms. The fourth-order valence-electron chi connectivity index (χ4n) is 4.02. The Labute approximate surface area is 206 Å². The molecule has 0 saturated heterocycles. The molecule has 3 heterocycles. The molecule has 3 aromatic rings. The Balaban J connectivity index is 1.51. The maximum atomic E-state index is 12.9. The van der Waals surface area contributed by atoms with Crippen LogP contribution in [0.4, 0.5) is 5.00 Å². The van der Waals surface area contributed by atoms with Crippen LogP contribution in [0.1, 0.15) is 46.5 Å². The number of carbonyl (C=O) groups is 2. The van der Waals surface area contributed by atoms with Crippen molar-refractivity contribution >= 4 is 40.0 Å². The molecule has 34 heavy (non-hydrogen) atoms. The maximum absolute atomic E-state index is 12.9. The number of nitrogens with zero attached hydrogens (tertiary/aromatic N) is 4. The quantitative estimate of drug-likeness (QED) is 0.272. The Bertz CT molecular complexity index is 1170. The highest BCUT2D eigenvalue weighted by molar-refractivity contribution is 7.99. The molecule has 1 amide bonds. The van der Waals surface area contributed by atoms with Gasteiger partial charge in [0.15, 0.2) is 11.0 Å². The fraction of sp³-hybridized carbons (Fsp3) is 0.375. The maximum Gasteiger partial charge on any atom is 0.341 e. The van der Waals surface area contributed by atoms with Crippen molar-refractivity contribution in [2.45, 2.75) is 50.2 Å². The largest absolute Gasteiger partial charge is 0.465 e. The smallest absolute Gasteiger partial charge is 0.341 e. The van der Waals surface area contributed by atoms with Gasteiger partial charge in [-0.2, -0.15) is 0 Å². The van der Waals surface area contributed by atoms with Crippen molar-refractivity contribution in [1.82, 2.24) is 19.7 Å². The van der Waals surface area contributed by atoms with E-state index >= 15 is 0 Å². The van der Waals surface area contributed by atoms with E-state index in [1.165, 1.54) is 41.5 Å². The molecule has 0 aromatic carbocycles. The van der Waals surface area contributed by atoms with E-state index in [4.69, 9.17) is 4.74 Å². The minimum absolute atomic E-state index is 0.134. The lowest BCUT2D eigenvalue weighted by molar-refractivity contribution is -0.113. The van der Waals surface area contributed by atoms with Crippen LogP contribution in [0.2, 0.25) is 0 Å². The SMILES string of the molecule is C=CCn1c(SCC(=O)Nc2sc3c(c2C(=O)OC)CCCCCC3)nnc1-c1ccncc1. The first-order valence-electron chi connectivity index (χ1n) is 11.2. The van der Waals surface area contributed by atoms with Gasteiger partial charge in [0.25, 0.3) is 0 Å². The summed E-state index contributed by atoms with van der Waals surface area (Å²) >= 11 is 2.79. The van der Waals surface area contributed by atoms with Gasteiger partial charge >= 0.3 is 5.97 Å². The molecule has 0 bridgehead atoms. The molecule has 0 aliphatic heterocycles. The Morgan fingerprint density at radius 1 is 1.21 bits per heavy atom. The number of nitrogens with one attached hydrogen (secondary N) is 1. The van der Waals surface area contributed by atoms with E-state index in [0.29, 0.717) is 28.1 Å². The number of esters is 1. The summed E-state index contributed by atoms with van der Waals surface area (Å²) in [5.41, 5.74) is 2.43. The number of aromatic nitrogens is 4. The van der Waals surface area contributed by atoms with Crippen LogP contribution >= 0.6 is 23.1 Å². The second-order valence-corrected chi connectivity index (χ2v) is 9.94. The standard InChI is InChI=1S/C24H27N5O3S2/c1-3-14-29-21(16-10-12-25-13-11-16)27-28-24(29)33-15-19(30)26-22-20(23(31)32-2)17-8-6-4-5-7-9-18(17)34-22/h3,10-13H,1,4-9,14-15H2,2H3,(H,26,30). The molecule has 0 radical (unpaired) electrons. The molecule has 1 aliphatic rings. The summed E-state index contributed by atoms with van der Waals surface area (Å²) in [6.07, 6.45) is 11.4. The van der Waals surface area contributed by atoms with Gasteiger partial charge < -0.3 is 10.1 Å². The molecule has 0 fully saturated rings. The third-order valence-corrected chi connectivity index (χ3v) is 7.79. The molecule has 8 nitrogen and oxygen atoms in total. The second-order valence-electron chi connectivity index (χ2n) is 7.89. The van der Waals surface area contributed by atoms with Crippen molar-refractivity contribution in [3.05, 3.63) is 53.2 Å². The van der Waals surface area contributed by atoms with Crippen LogP contribution in [0.5, 0.6) is 0 Å². The molecule has 10 heteroatoms. The number of amides is 1. The predicted molar refractivity (Wildman–Crippen MR) is 134 cm³/mol. The zero-order chi connectivity index (χ0) is 23.9. The number of ether oxygens (including phenoxy) is 1. The lowest BCUT2D eigenvalue weighted by Gasteiger charge is -2.11. The average Bonchev–Trinajstić information content (AvgIpc) is 3.38. The fourth-order valence-corrected chi connectivity index (χ4v) is 6.06. The highest BCUT2D eigenvalue weighted by Gasteiger charge is 2.26. The van der Waals surface area contributed by atoms with Crippen molar-refractivity contribution in [3.63, 3.8) is 0 Å². The van der Waals surface area contributed by atoms with Crippen molar-refractivity contribution in [1.29, 1.82) is 0 Å². The molecule has 0 atom stereocenters. The summed E-state index contributed by atoms with van der Waals surface area (Å²) in [6.45, 7) is 4.33. The van der Waals surface area contributed by atoms with E-state index < -0.39 is 5.97 Å². The molecular formula is C24H27N5O3S2. The van der Waals surface area contributed by atoms with Crippen molar-refractivity contribution < 1.29 is 14.3 Å². The number of aryl methyl sites for hydroxylation is 1. The Morgan fingerprint density at radius 2 is 1.97 bits per heavy atom. The molecule has 1 aliphatic carbocycles. The normalized spacial score (nSPS) is 13.4. The molecular weight excluding hydrogens is 470 g/mol. The summed E-state index contributed by atoms with van der Waals surface area (Å²) in [5.74, 6) is 0.224. The van der Waals surface area contributed by atoms with Gasteiger partial charge in [-0.15, -0.1) is 28.1 Å². The Kier molecular flexibility index (Phi) is 8.12. The molecule has 3 aromatic heterocycles. The number of thiophene rings is 1. The number of carbonyl (C=O) groups excluding carboxylic acids is 2. The van der Waals surface area contributed by atoms with Gasteiger partial charge in [0.2, 0.25) is 5.91 Å². The highest BCUT2D eigenvalue weighted by Crippen LogP contribution is 2.37. The van der Waals surface area contributed by atoms with E-state index in [1.807, 2.05) is 16.7 Å². The number of allylic oxidation sites excluding steroid dienone is 1. The van der Waals surface area contributed by atoms with Crippen LogP contribution in [-0.4, -0.2) is 44.5 Å². The van der Waals surface area contributed by atoms with Gasteiger partial charge in [0, 0.05) is 29.4 Å². The Morgan fingerprint density at radius 3 is 2.71 bits per heavy atom. The first-order chi connectivity index (χ1) is 16.6. The van der Waals surface area contributed by atoms with Crippen LogP contribution in [-0.2, 0) is 28.9 Å². The van der Waals surface area contributed by atoms with Crippen molar-refractivity contribution in [2.75, 3.05) is 18.2 Å². The van der Waals surface area contributed by atoms with E-state index in [0.717, 1.165) is 43.2 Å². The number of thioether (sulfide) groups is 1. The number of anilines is 1. The summed E-state index contributed by atoms with van der Waals surface area (Å²) in [6, 6.07) is 3.73. The van der Waals surface area contributed by atoms with E-state index in [-0.39, 0.29) is 11.7 Å². The third kappa shape index (κ3) is 5.39. The minimum Gasteiger partial charge on any atom is -0.465 e. The van der Waals surface area contributed by atoms with Crippen LogP contribution in [0, 0.1) is 0 Å². The molecule has 1 N–H and O–H groups in total. The van der Waals surface area contributed by atoms with Crippen molar-refractivity contribution in [2.24, 2.45) is 0 Å². The summed E-state index contributed by atoms with van der Waals surface area (Å²) < 4.78 is 6.96. The first-order valence-corrected chi connectivity index (χ1v) is 13.0. The van der Waals surface area contributed by atoms with Gasteiger partial charge in [-0.25, -0.2) is 4.79 Å². The average molecular weight is 498 g/mol. The van der Waals surface area contributed by atoms with Crippen LogP contribution in [0.25, 0.3) is 11.4 Å². The molecule has 0 saturated carbocycles. The highest BCUT2D eigenvalue weighted by atomic mass is 32.2. The van der Waals surface area contributed by atoms with Gasteiger partial charge in [-0.3, -0.25) is 14.3 Å². The van der Waals surface area contributed by atoms with Crippen LogP contribution in [0.15, 0.2) is 42.3 Å². The molecule has 178 valence electrons. The number of hydrogen-bond acceptors (Lipinski definition) is 8. The van der Waals surface area contributed by atoms with E-state index in [9.17, 15) is 9.59 Å². The van der Waals surface area contributed by atoms with Gasteiger partial charge in [0.1, 0.15) is 5.00 Å². The number of rotatable bonds is 8. The summed E-state index contributed by atoms with van der Waals surface area (Å²) in [5, 5.41) is 12.7. The van der Waals surface area contributed by atoms with Gasteiger partial charge in [0.05, 0.1) is 18.4 Å². The van der Waals surface area contributed by atoms with Crippen LogP contribution in [0.3, 0.4) is 0 Å². The van der Waals surface area contributed by atoms with Gasteiger partial charge in [-0.05, 0) is 43.4 Å². The monoisotopic (exact) mass is 497 g/mol. The van der Waals surface area contributed by atoms with E-state index in [2.05, 4.69) is 27.1 Å². The summed E-state index contributed by atoms with van der Waals surface area (Å²) in [7, 11) is 1.38. The number of hydrogen-bond donors (Lipinski definition) is 1. The zero-order valence-electron chi connectivity index (χ0n) is 19.1. The zero-order valence-corrected chi connectivity index (χ0v) is 20.7. The van der Waals surface area contributed by atoms with Crippen LogP contribution < -0.4 is 5.32 Å². The minimum atomic E-state index is -0.395. The first kappa shape index (κ1) is 24.2. The predicted octanol–water partition coefficient (Wildman–Crippen LogP) is 4.76. The Hall–Kier alpha value is -2.98. The van der Waals surface area contributed by atoms with Gasteiger partial charge in [-0.1, -0.05) is 30.7 Å². The topological polar surface area (TPSA) is 99.0 Å². The van der Waals surface area contributed by atoms with Crippen molar-refractivity contribution in [3.8, 4) is 11.4 Å². The third-order valence-electron chi connectivity index (χ3n) is 5.61. The lowest BCUT2D eigenvalue weighted by atomic mass is 9.96. The second kappa shape index (κ2) is 11.4. The number of methoxy groups -OCH3 is 1. The number of fused-ring (bicyclic) bond motifs is 1. The van der Waals surface area contributed by atoms with E-state index in [1.54, 1.807) is 18.5 Å².